The highest BCUT2D eigenvalue weighted by Gasteiger charge is 2.11. The highest BCUT2D eigenvalue weighted by molar-refractivity contribution is 7.71. The Balaban J connectivity index is 2.03. The number of fused-ring (bicyclic) bond motifs is 1. The van der Waals surface area contributed by atoms with Crippen molar-refractivity contribution in [3.05, 3.63) is 59.1 Å². The van der Waals surface area contributed by atoms with Crippen LogP contribution in [0.2, 0.25) is 0 Å². The van der Waals surface area contributed by atoms with Gasteiger partial charge in [-0.2, -0.15) is 0 Å². The first-order valence-electron chi connectivity index (χ1n) is 5.87. The maximum atomic E-state index is 12.4. The number of nitrogens with one attached hydrogen (secondary N) is 1. The first kappa shape index (κ1) is 11.8. The van der Waals surface area contributed by atoms with Gasteiger partial charge >= 0.3 is 0 Å². The Morgan fingerprint density at radius 1 is 1.21 bits per heavy atom. The molecule has 5 heteroatoms. The number of ketones is 1. The molecule has 0 radical (unpaired) electrons. The number of benzene rings is 2. The van der Waals surface area contributed by atoms with Crippen molar-refractivity contribution in [1.82, 2.24) is 14.8 Å². The number of Topliss-reactive ketones (excluding diaryl/α,β-unsaturated/α-hetero) is 1. The highest BCUT2D eigenvalue weighted by atomic mass is 32.1. The van der Waals surface area contributed by atoms with Gasteiger partial charge in [-0.3, -0.25) is 14.6 Å². The van der Waals surface area contributed by atoms with Crippen molar-refractivity contribution in [3.63, 3.8) is 0 Å². The first-order chi connectivity index (χ1) is 9.25. The molecular weight excluding hydrogens is 258 g/mol. The third kappa shape index (κ3) is 2.20. The van der Waals surface area contributed by atoms with E-state index < -0.39 is 0 Å². The van der Waals surface area contributed by atoms with Crippen LogP contribution in [0.4, 0.5) is 0 Å². The predicted molar refractivity (Wildman–Crippen MR) is 75.7 cm³/mol. The third-order valence-corrected chi connectivity index (χ3v) is 3.34. The van der Waals surface area contributed by atoms with Crippen LogP contribution in [-0.2, 0) is 6.54 Å². The van der Waals surface area contributed by atoms with Gasteiger partial charge in [0.05, 0.1) is 0 Å². The smallest absolute Gasteiger partial charge is 0.216 e. The Bertz CT molecular complexity index is 798. The minimum Gasteiger partial charge on any atom is -0.292 e. The van der Waals surface area contributed by atoms with E-state index in [0.717, 1.165) is 10.8 Å². The molecular formula is C14H11N3OS. The van der Waals surface area contributed by atoms with Crippen LogP contribution in [0.3, 0.4) is 0 Å². The van der Waals surface area contributed by atoms with Crippen LogP contribution in [0.1, 0.15) is 10.4 Å². The minimum atomic E-state index is 0.0113. The van der Waals surface area contributed by atoms with Crippen LogP contribution in [-0.4, -0.2) is 20.5 Å². The molecule has 0 saturated carbocycles. The molecule has 1 aromatic heterocycles. The lowest BCUT2D eigenvalue weighted by molar-refractivity contribution is 0.0968. The molecule has 0 aliphatic heterocycles. The highest BCUT2D eigenvalue weighted by Crippen LogP contribution is 2.19. The molecule has 3 rings (SSSR count). The molecule has 1 N–H and O–H groups in total. The van der Waals surface area contributed by atoms with Crippen LogP contribution in [0.15, 0.2) is 48.8 Å². The van der Waals surface area contributed by atoms with E-state index in [9.17, 15) is 4.79 Å². The van der Waals surface area contributed by atoms with Crippen LogP contribution < -0.4 is 0 Å². The molecule has 19 heavy (non-hydrogen) atoms. The Morgan fingerprint density at radius 2 is 2.00 bits per heavy atom. The number of aromatic nitrogens is 3. The molecule has 0 atom stereocenters. The van der Waals surface area contributed by atoms with Gasteiger partial charge in [-0.15, -0.1) is 0 Å². The first-order valence-corrected chi connectivity index (χ1v) is 6.28. The quantitative estimate of drug-likeness (QED) is 0.587. The van der Waals surface area contributed by atoms with E-state index in [4.69, 9.17) is 12.2 Å². The molecule has 0 saturated heterocycles. The summed E-state index contributed by atoms with van der Waals surface area (Å²) >= 11 is 5.02. The number of H-pyrrole nitrogens is 1. The summed E-state index contributed by atoms with van der Waals surface area (Å²) in [5, 5.41) is 4.85. The molecule has 94 valence electrons. The maximum Gasteiger partial charge on any atom is 0.216 e. The van der Waals surface area contributed by atoms with Gasteiger partial charge in [-0.1, -0.05) is 42.5 Å². The topological polar surface area (TPSA) is 50.7 Å². The van der Waals surface area contributed by atoms with Crippen molar-refractivity contribution >= 4 is 28.8 Å². The number of hydrogen-bond acceptors (Lipinski definition) is 3. The van der Waals surface area contributed by atoms with Crippen molar-refractivity contribution in [2.75, 3.05) is 0 Å². The van der Waals surface area contributed by atoms with Gasteiger partial charge in [0.25, 0.3) is 0 Å². The Kier molecular flexibility index (Phi) is 2.97. The number of aromatic amines is 1. The molecule has 0 bridgehead atoms. The van der Waals surface area contributed by atoms with Crippen molar-refractivity contribution < 1.29 is 4.79 Å². The summed E-state index contributed by atoms with van der Waals surface area (Å²) in [5.74, 6) is 0.0113. The van der Waals surface area contributed by atoms with E-state index in [1.54, 1.807) is 4.68 Å². The van der Waals surface area contributed by atoms with Crippen molar-refractivity contribution in [3.8, 4) is 0 Å². The summed E-state index contributed by atoms with van der Waals surface area (Å²) in [4.78, 5) is 16.3. The zero-order valence-corrected chi connectivity index (χ0v) is 10.9. The second-order valence-electron chi connectivity index (χ2n) is 4.21. The molecule has 2 aromatic carbocycles. The SMILES string of the molecule is O=C(Cn1[nH]cnc1=S)c1cccc2ccccc12. The van der Waals surface area contributed by atoms with Gasteiger partial charge in [0.2, 0.25) is 4.77 Å². The zero-order valence-electron chi connectivity index (χ0n) is 10.0. The lowest BCUT2D eigenvalue weighted by Crippen LogP contribution is -2.12. The average Bonchev–Trinajstić information content (AvgIpc) is 2.83. The average molecular weight is 269 g/mol. The number of carbonyl (C=O) groups excluding carboxylic acids is 1. The van der Waals surface area contributed by atoms with Gasteiger partial charge in [0.1, 0.15) is 12.9 Å². The monoisotopic (exact) mass is 269 g/mol. The number of hydrogen-bond donors (Lipinski definition) is 1. The van der Waals surface area contributed by atoms with Crippen molar-refractivity contribution in [2.45, 2.75) is 6.54 Å². The lowest BCUT2D eigenvalue weighted by atomic mass is 10.0. The van der Waals surface area contributed by atoms with Crippen molar-refractivity contribution in [1.29, 1.82) is 0 Å². The molecule has 0 fully saturated rings. The fourth-order valence-electron chi connectivity index (χ4n) is 2.09. The van der Waals surface area contributed by atoms with E-state index in [0.29, 0.717) is 10.3 Å². The van der Waals surface area contributed by atoms with Gasteiger partial charge in [-0.05, 0) is 23.0 Å². The molecule has 0 aliphatic carbocycles. The van der Waals surface area contributed by atoms with E-state index in [2.05, 4.69) is 10.1 Å². The Hall–Kier alpha value is -2.27. The molecule has 1 heterocycles. The van der Waals surface area contributed by atoms with Crippen molar-refractivity contribution in [2.24, 2.45) is 0 Å². The largest absolute Gasteiger partial charge is 0.292 e. The number of nitrogens with zero attached hydrogens (tertiary/aromatic N) is 2. The molecule has 0 aliphatic rings. The third-order valence-electron chi connectivity index (χ3n) is 3.01. The summed E-state index contributed by atoms with van der Waals surface area (Å²) in [7, 11) is 0. The minimum absolute atomic E-state index is 0.0113. The normalized spacial score (nSPS) is 10.7. The van der Waals surface area contributed by atoms with E-state index in [1.165, 1.54) is 6.33 Å². The van der Waals surface area contributed by atoms with Crippen LogP contribution >= 0.6 is 12.2 Å². The van der Waals surface area contributed by atoms with Crippen LogP contribution in [0, 0.1) is 4.77 Å². The summed E-state index contributed by atoms with van der Waals surface area (Å²) in [6, 6.07) is 13.6. The predicted octanol–water partition coefficient (Wildman–Crippen LogP) is 2.98. The maximum absolute atomic E-state index is 12.4. The number of rotatable bonds is 3. The molecule has 0 amide bonds. The Morgan fingerprint density at radius 3 is 2.79 bits per heavy atom. The lowest BCUT2D eigenvalue weighted by Gasteiger charge is -2.06. The zero-order chi connectivity index (χ0) is 13.2. The summed E-state index contributed by atoms with van der Waals surface area (Å²) < 4.78 is 1.94. The van der Waals surface area contributed by atoms with E-state index >= 15 is 0 Å². The second-order valence-corrected chi connectivity index (χ2v) is 4.57. The summed E-state index contributed by atoms with van der Waals surface area (Å²) in [6.45, 7) is 0.173. The standard InChI is InChI=1S/C14H11N3OS/c18-13(8-17-14(19)15-9-16-17)12-7-3-5-10-4-1-2-6-11(10)12/h1-7,9H,8H2,(H,15,16,19). The molecule has 4 nitrogen and oxygen atoms in total. The fraction of sp³-hybridized carbons (Fsp3) is 0.0714. The van der Waals surface area contributed by atoms with Crippen LogP contribution in [0.25, 0.3) is 10.8 Å². The van der Waals surface area contributed by atoms with E-state index in [1.807, 2.05) is 42.5 Å². The van der Waals surface area contributed by atoms with Gasteiger partial charge in [-0.25, -0.2) is 4.98 Å². The molecule has 3 aromatic rings. The summed E-state index contributed by atoms with van der Waals surface area (Å²) in [6.07, 6.45) is 1.48. The molecule has 0 unspecified atom stereocenters. The summed E-state index contributed by atoms with van der Waals surface area (Å²) in [5.41, 5.74) is 0.703. The number of carbonyl (C=O) groups is 1. The fourth-order valence-corrected chi connectivity index (χ4v) is 2.26. The van der Waals surface area contributed by atoms with Crippen LogP contribution in [0.5, 0.6) is 0 Å². The van der Waals surface area contributed by atoms with Gasteiger partial charge < -0.3 is 0 Å². The van der Waals surface area contributed by atoms with E-state index in [-0.39, 0.29) is 12.3 Å². The van der Waals surface area contributed by atoms with Gasteiger partial charge in [0, 0.05) is 5.56 Å². The second kappa shape index (κ2) is 4.78. The molecule has 0 spiro atoms. The Labute approximate surface area is 114 Å². The van der Waals surface area contributed by atoms with Gasteiger partial charge in [0.15, 0.2) is 5.78 Å².